The van der Waals surface area contributed by atoms with Gasteiger partial charge in [-0.3, -0.25) is 0 Å². The molecule has 0 aliphatic carbocycles. The van der Waals surface area contributed by atoms with Crippen molar-refractivity contribution < 1.29 is 22.6 Å². The molecule has 0 radical (unpaired) electrons. The van der Waals surface area contributed by atoms with E-state index in [1.54, 1.807) is 12.1 Å². The Bertz CT molecular complexity index is 369. The van der Waals surface area contributed by atoms with Crippen molar-refractivity contribution in [2.24, 2.45) is 0 Å². The van der Waals surface area contributed by atoms with Crippen LogP contribution in [0.2, 0.25) is 5.02 Å². The zero-order valence-electron chi connectivity index (χ0n) is 8.56. The van der Waals surface area contributed by atoms with E-state index in [0.29, 0.717) is 5.88 Å². The first kappa shape index (κ1) is 14.4. The van der Waals surface area contributed by atoms with E-state index in [2.05, 4.69) is 4.74 Å². The zero-order chi connectivity index (χ0) is 12.9. The van der Waals surface area contributed by atoms with Crippen molar-refractivity contribution in [3.63, 3.8) is 0 Å². The second-order valence-electron chi connectivity index (χ2n) is 3.12. The molecule has 1 rings (SSSR count). The third-order valence-electron chi connectivity index (χ3n) is 1.71. The summed E-state index contributed by atoms with van der Waals surface area (Å²) in [5.41, 5.74) is 0.792. The highest BCUT2D eigenvalue weighted by atomic mass is 35.5. The summed E-state index contributed by atoms with van der Waals surface area (Å²) in [7, 11) is 0. The second-order valence-corrected chi connectivity index (χ2v) is 3.80. The van der Waals surface area contributed by atoms with Gasteiger partial charge >= 0.3 is 6.18 Å². The molecule has 0 N–H and O–H groups in total. The largest absolute Gasteiger partial charge is 0.466 e. The minimum atomic E-state index is -4.37. The maximum atomic E-state index is 11.7. The van der Waals surface area contributed by atoms with Gasteiger partial charge in [0.05, 0.1) is 5.02 Å². The SMILES string of the molecule is FC(F)(F)COCOc1ccc(CCl)cc1Cl. The van der Waals surface area contributed by atoms with Crippen LogP contribution in [-0.2, 0) is 10.6 Å². The fourth-order valence-corrected chi connectivity index (χ4v) is 1.43. The van der Waals surface area contributed by atoms with E-state index in [-0.39, 0.29) is 10.8 Å². The summed E-state index contributed by atoms with van der Waals surface area (Å²) in [6, 6.07) is 4.77. The number of halogens is 5. The van der Waals surface area contributed by atoms with Crippen LogP contribution in [0.15, 0.2) is 18.2 Å². The Labute approximate surface area is 106 Å². The lowest BCUT2D eigenvalue weighted by Gasteiger charge is -2.10. The first-order chi connectivity index (χ1) is 7.92. The summed E-state index contributed by atoms with van der Waals surface area (Å²) in [5.74, 6) is 0.549. The molecule has 2 nitrogen and oxygen atoms in total. The van der Waals surface area contributed by atoms with E-state index in [0.717, 1.165) is 5.56 Å². The lowest BCUT2D eigenvalue weighted by Crippen LogP contribution is -2.19. The highest BCUT2D eigenvalue weighted by Crippen LogP contribution is 2.26. The molecule has 0 saturated carbocycles. The molecule has 0 aliphatic heterocycles. The van der Waals surface area contributed by atoms with Gasteiger partial charge in [0.25, 0.3) is 0 Å². The third kappa shape index (κ3) is 5.48. The normalized spacial score (nSPS) is 11.6. The van der Waals surface area contributed by atoms with E-state index in [1.807, 2.05) is 0 Å². The van der Waals surface area contributed by atoms with Gasteiger partial charge in [-0.1, -0.05) is 17.7 Å². The van der Waals surface area contributed by atoms with Gasteiger partial charge in [-0.15, -0.1) is 11.6 Å². The number of ether oxygens (including phenoxy) is 2. The molecule has 0 aliphatic rings. The van der Waals surface area contributed by atoms with Crippen LogP contribution in [0.25, 0.3) is 0 Å². The average molecular weight is 289 g/mol. The third-order valence-corrected chi connectivity index (χ3v) is 2.32. The maximum absolute atomic E-state index is 11.7. The number of hydrogen-bond donors (Lipinski definition) is 0. The van der Waals surface area contributed by atoms with Gasteiger partial charge in [-0.05, 0) is 17.7 Å². The molecule has 0 unspecified atom stereocenters. The number of alkyl halides is 4. The van der Waals surface area contributed by atoms with Crippen molar-refractivity contribution in [3.05, 3.63) is 28.8 Å². The highest BCUT2D eigenvalue weighted by molar-refractivity contribution is 6.32. The first-order valence-electron chi connectivity index (χ1n) is 4.54. The molecule has 0 aromatic heterocycles. The smallest absolute Gasteiger partial charge is 0.411 e. The molecular weight excluding hydrogens is 280 g/mol. The molecule has 7 heteroatoms. The lowest BCUT2D eigenvalue weighted by atomic mass is 10.2. The van der Waals surface area contributed by atoms with Crippen molar-refractivity contribution in [2.75, 3.05) is 13.4 Å². The Morgan fingerprint density at radius 3 is 2.47 bits per heavy atom. The predicted octanol–water partition coefficient (Wildman–Crippen LogP) is 3.99. The lowest BCUT2D eigenvalue weighted by molar-refractivity contribution is -0.186. The van der Waals surface area contributed by atoms with Crippen LogP contribution in [0, 0.1) is 0 Å². The van der Waals surface area contributed by atoms with Gasteiger partial charge in [-0.2, -0.15) is 13.2 Å². The van der Waals surface area contributed by atoms with Crippen molar-refractivity contribution in [3.8, 4) is 5.75 Å². The number of rotatable bonds is 5. The molecule has 0 spiro atoms. The molecule has 0 saturated heterocycles. The molecule has 1 aromatic rings. The minimum Gasteiger partial charge on any atom is -0.466 e. The van der Waals surface area contributed by atoms with Crippen molar-refractivity contribution >= 4 is 23.2 Å². The fourth-order valence-electron chi connectivity index (χ4n) is 1.01. The second kappa shape index (κ2) is 6.33. The van der Waals surface area contributed by atoms with Crippen LogP contribution in [0.3, 0.4) is 0 Å². The minimum absolute atomic E-state index is 0.253. The monoisotopic (exact) mass is 288 g/mol. The highest BCUT2D eigenvalue weighted by Gasteiger charge is 2.27. The van der Waals surface area contributed by atoms with Gasteiger partial charge in [0.1, 0.15) is 12.4 Å². The summed E-state index contributed by atoms with van der Waals surface area (Å²) >= 11 is 11.4. The molecule has 0 heterocycles. The van der Waals surface area contributed by atoms with Gasteiger partial charge in [0.15, 0.2) is 6.79 Å². The van der Waals surface area contributed by atoms with Crippen molar-refractivity contribution in [1.82, 2.24) is 0 Å². The quantitative estimate of drug-likeness (QED) is 0.463. The van der Waals surface area contributed by atoms with Gasteiger partial charge in [0, 0.05) is 5.88 Å². The van der Waals surface area contributed by atoms with Crippen molar-refractivity contribution in [1.29, 1.82) is 0 Å². The molecule has 0 amide bonds. The van der Waals surface area contributed by atoms with E-state index < -0.39 is 19.6 Å². The van der Waals surface area contributed by atoms with E-state index in [1.165, 1.54) is 6.07 Å². The predicted molar refractivity (Wildman–Crippen MR) is 58.5 cm³/mol. The van der Waals surface area contributed by atoms with Crippen LogP contribution >= 0.6 is 23.2 Å². The Balaban J connectivity index is 2.42. The van der Waals surface area contributed by atoms with E-state index in [4.69, 9.17) is 27.9 Å². The van der Waals surface area contributed by atoms with E-state index >= 15 is 0 Å². The molecule has 0 bridgehead atoms. The Hall–Kier alpha value is -0.650. The van der Waals surface area contributed by atoms with E-state index in [9.17, 15) is 13.2 Å². The van der Waals surface area contributed by atoms with Crippen LogP contribution in [0.5, 0.6) is 5.75 Å². The molecular formula is C10H9Cl2F3O2. The molecule has 96 valence electrons. The van der Waals surface area contributed by atoms with Gasteiger partial charge in [0.2, 0.25) is 0 Å². The van der Waals surface area contributed by atoms with Gasteiger partial charge in [-0.25, -0.2) is 0 Å². The first-order valence-corrected chi connectivity index (χ1v) is 5.45. The van der Waals surface area contributed by atoms with Crippen LogP contribution in [-0.4, -0.2) is 19.6 Å². The summed E-state index contributed by atoms with van der Waals surface area (Å²) in [5, 5.41) is 0.277. The summed E-state index contributed by atoms with van der Waals surface area (Å²) < 4.78 is 44.4. The fraction of sp³-hybridized carbons (Fsp3) is 0.400. The molecule has 1 aromatic carbocycles. The summed E-state index contributed by atoms with van der Waals surface area (Å²) in [4.78, 5) is 0. The van der Waals surface area contributed by atoms with Gasteiger partial charge < -0.3 is 9.47 Å². The summed E-state index contributed by atoms with van der Waals surface area (Å²) in [6.07, 6.45) is -4.37. The molecule has 0 fully saturated rings. The van der Waals surface area contributed by atoms with Crippen LogP contribution in [0.1, 0.15) is 5.56 Å². The Morgan fingerprint density at radius 2 is 1.94 bits per heavy atom. The van der Waals surface area contributed by atoms with Crippen LogP contribution in [0.4, 0.5) is 13.2 Å². The molecule has 17 heavy (non-hydrogen) atoms. The number of hydrogen-bond acceptors (Lipinski definition) is 2. The van der Waals surface area contributed by atoms with Crippen LogP contribution < -0.4 is 4.74 Å². The van der Waals surface area contributed by atoms with Crippen molar-refractivity contribution in [2.45, 2.75) is 12.1 Å². The Kier molecular flexibility index (Phi) is 5.36. The standard InChI is InChI=1S/C10H9Cl2F3O2/c11-4-7-1-2-9(8(12)3-7)17-6-16-5-10(13,14)15/h1-3H,4-6H2. The topological polar surface area (TPSA) is 18.5 Å². The zero-order valence-corrected chi connectivity index (χ0v) is 10.1. The summed E-state index contributed by atoms with van der Waals surface area (Å²) in [6.45, 7) is -1.87. The maximum Gasteiger partial charge on any atom is 0.411 e. The molecule has 0 atom stereocenters. The number of benzene rings is 1. The Morgan fingerprint density at radius 1 is 1.24 bits per heavy atom. The average Bonchev–Trinajstić information content (AvgIpc) is 2.24.